The van der Waals surface area contributed by atoms with E-state index < -0.39 is 29.3 Å². The van der Waals surface area contributed by atoms with Gasteiger partial charge < -0.3 is 15.0 Å². The van der Waals surface area contributed by atoms with Crippen LogP contribution in [0.5, 0.6) is 0 Å². The molecule has 2 aromatic carbocycles. The van der Waals surface area contributed by atoms with Crippen molar-refractivity contribution in [3.63, 3.8) is 0 Å². The van der Waals surface area contributed by atoms with Gasteiger partial charge in [-0.25, -0.2) is 9.18 Å². The summed E-state index contributed by atoms with van der Waals surface area (Å²) in [5.74, 6) is -0.738. The molecule has 1 unspecified atom stereocenters. The second kappa shape index (κ2) is 7.20. The van der Waals surface area contributed by atoms with Gasteiger partial charge in [-0.2, -0.15) is 0 Å². The van der Waals surface area contributed by atoms with Gasteiger partial charge in [0.2, 0.25) is 5.67 Å². The van der Waals surface area contributed by atoms with Crippen molar-refractivity contribution < 1.29 is 18.7 Å². The molecule has 0 aliphatic carbocycles. The monoisotopic (exact) mass is 448 g/mol. The number of halogens is 2. The van der Waals surface area contributed by atoms with Gasteiger partial charge in [0, 0.05) is 17.1 Å². The Bertz CT molecular complexity index is 911. The summed E-state index contributed by atoms with van der Waals surface area (Å²) in [7, 11) is 1.52. The number of benzene rings is 2. The fourth-order valence-electron chi connectivity index (χ4n) is 3.31. The van der Waals surface area contributed by atoms with Crippen LogP contribution in [0.25, 0.3) is 0 Å². The second-order valence-corrected chi connectivity index (χ2v) is 8.64. The summed E-state index contributed by atoms with van der Waals surface area (Å²) in [6.45, 7) is 5.16. The Hall–Kier alpha value is -2.41. The summed E-state index contributed by atoms with van der Waals surface area (Å²) in [5.41, 5.74) is -2.08. The maximum atomic E-state index is 16.5. The minimum Gasteiger partial charge on any atom is -0.444 e. The SMILES string of the molecule is CN1C(=O)[C@@](F)(C(NC(=O)OC(C)(C)C)c2ccc(Br)cc2)c2ccccc21. The molecule has 28 heavy (non-hydrogen) atoms. The van der Waals surface area contributed by atoms with Crippen LogP contribution in [-0.4, -0.2) is 24.6 Å². The Morgan fingerprint density at radius 1 is 1.18 bits per heavy atom. The molecule has 1 heterocycles. The van der Waals surface area contributed by atoms with Crippen LogP contribution >= 0.6 is 15.9 Å². The maximum absolute atomic E-state index is 16.5. The molecule has 0 spiro atoms. The molecule has 2 aromatic rings. The minimum absolute atomic E-state index is 0.214. The molecule has 0 saturated carbocycles. The highest BCUT2D eigenvalue weighted by Gasteiger charge is 2.57. The number of ether oxygens (including phenoxy) is 1. The number of anilines is 1. The molecule has 7 heteroatoms. The van der Waals surface area contributed by atoms with E-state index in [1.165, 1.54) is 11.9 Å². The maximum Gasteiger partial charge on any atom is 0.408 e. The molecule has 1 aliphatic heterocycles. The van der Waals surface area contributed by atoms with Crippen LogP contribution in [-0.2, 0) is 15.2 Å². The van der Waals surface area contributed by atoms with E-state index in [-0.39, 0.29) is 5.56 Å². The number of likely N-dealkylation sites (N-methyl/N-ethyl adjacent to an activating group) is 1. The highest BCUT2D eigenvalue weighted by atomic mass is 79.9. The van der Waals surface area contributed by atoms with Crippen molar-refractivity contribution in [2.24, 2.45) is 0 Å². The number of carbonyl (C=O) groups is 2. The quantitative estimate of drug-likeness (QED) is 0.729. The first-order valence-electron chi connectivity index (χ1n) is 8.85. The third-order valence-corrected chi connectivity index (χ3v) is 5.06. The lowest BCUT2D eigenvalue weighted by molar-refractivity contribution is -0.131. The van der Waals surface area contributed by atoms with Gasteiger partial charge in [0.05, 0.1) is 5.69 Å². The lowest BCUT2D eigenvalue weighted by Crippen LogP contribution is -2.48. The predicted octanol–water partition coefficient (Wildman–Crippen LogP) is 4.86. The molecule has 0 bridgehead atoms. The van der Waals surface area contributed by atoms with Crippen LogP contribution < -0.4 is 10.2 Å². The van der Waals surface area contributed by atoms with Crippen molar-refractivity contribution in [1.82, 2.24) is 5.32 Å². The number of nitrogens with one attached hydrogen (secondary N) is 1. The normalized spacial score (nSPS) is 19.9. The first-order valence-corrected chi connectivity index (χ1v) is 9.65. The zero-order valence-corrected chi connectivity index (χ0v) is 17.7. The molecule has 0 radical (unpaired) electrons. The number of alkyl halides is 1. The molecule has 1 aliphatic rings. The number of carbonyl (C=O) groups excluding carboxylic acids is 2. The van der Waals surface area contributed by atoms with Gasteiger partial charge in [-0.05, 0) is 44.5 Å². The van der Waals surface area contributed by atoms with E-state index in [1.807, 2.05) is 0 Å². The fraction of sp³-hybridized carbons (Fsp3) is 0.333. The molecule has 1 N–H and O–H groups in total. The topological polar surface area (TPSA) is 58.6 Å². The summed E-state index contributed by atoms with van der Waals surface area (Å²) in [5, 5.41) is 2.58. The van der Waals surface area contributed by atoms with Crippen molar-refractivity contribution >= 4 is 33.6 Å². The van der Waals surface area contributed by atoms with E-state index >= 15 is 4.39 Å². The highest BCUT2D eigenvalue weighted by molar-refractivity contribution is 9.10. The molecule has 3 rings (SSSR count). The molecule has 0 fully saturated rings. The van der Waals surface area contributed by atoms with Crippen LogP contribution in [0, 0.1) is 0 Å². The van der Waals surface area contributed by atoms with Crippen LogP contribution in [0.3, 0.4) is 0 Å². The molecule has 0 aromatic heterocycles. The van der Waals surface area contributed by atoms with E-state index in [9.17, 15) is 9.59 Å². The van der Waals surface area contributed by atoms with E-state index in [1.54, 1.807) is 69.3 Å². The number of nitrogens with zero attached hydrogens (tertiary/aromatic N) is 1. The van der Waals surface area contributed by atoms with E-state index in [0.717, 1.165) is 4.47 Å². The number of alkyl carbamates (subject to hydrolysis) is 1. The third kappa shape index (κ3) is 3.63. The van der Waals surface area contributed by atoms with E-state index in [2.05, 4.69) is 21.2 Å². The van der Waals surface area contributed by atoms with Crippen molar-refractivity contribution in [3.8, 4) is 0 Å². The smallest absolute Gasteiger partial charge is 0.408 e. The van der Waals surface area contributed by atoms with Crippen LogP contribution in [0.2, 0.25) is 0 Å². The van der Waals surface area contributed by atoms with Crippen molar-refractivity contribution in [1.29, 1.82) is 0 Å². The number of para-hydroxylation sites is 1. The van der Waals surface area contributed by atoms with Gasteiger partial charge in [-0.3, -0.25) is 4.79 Å². The Balaban J connectivity index is 2.09. The number of rotatable bonds is 3. The lowest BCUT2D eigenvalue weighted by Gasteiger charge is -2.31. The van der Waals surface area contributed by atoms with Crippen LogP contribution in [0.15, 0.2) is 53.0 Å². The molecule has 5 nitrogen and oxygen atoms in total. The third-order valence-electron chi connectivity index (χ3n) is 4.54. The molecule has 2 amide bonds. The molecule has 0 saturated heterocycles. The van der Waals surface area contributed by atoms with Crippen molar-refractivity contribution in [3.05, 3.63) is 64.1 Å². The molecular weight excluding hydrogens is 427 g/mol. The zero-order chi connectivity index (χ0) is 20.7. The number of hydrogen-bond donors (Lipinski definition) is 1. The number of fused-ring (bicyclic) bond motifs is 1. The summed E-state index contributed by atoms with van der Waals surface area (Å²) in [6.07, 6.45) is -0.794. The Morgan fingerprint density at radius 3 is 2.39 bits per heavy atom. The van der Waals surface area contributed by atoms with E-state index in [4.69, 9.17) is 4.74 Å². The van der Waals surface area contributed by atoms with Crippen LogP contribution in [0.4, 0.5) is 14.9 Å². The van der Waals surface area contributed by atoms with Gasteiger partial charge in [0.15, 0.2) is 0 Å². The molecule has 148 valence electrons. The fourth-order valence-corrected chi connectivity index (χ4v) is 3.58. The molecular formula is C21H22BrFN2O3. The molecule has 2 atom stereocenters. The van der Waals surface area contributed by atoms with Gasteiger partial charge in [0.25, 0.3) is 5.91 Å². The van der Waals surface area contributed by atoms with Gasteiger partial charge in [0.1, 0.15) is 11.6 Å². The van der Waals surface area contributed by atoms with Gasteiger partial charge >= 0.3 is 6.09 Å². The van der Waals surface area contributed by atoms with Crippen molar-refractivity contribution in [2.75, 3.05) is 11.9 Å². The minimum atomic E-state index is -2.46. The van der Waals surface area contributed by atoms with Crippen molar-refractivity contribution in [2.45, 2.75) is 38.1 Å². The Morgan fingerprint density at radius 2 is 1.79 bits per heavy atom. The zero-order valence-electron chi connectivity index (χ0n) is 16.1. The summed E-state index contributed by atoms with van der Waals surface area (Å²) in [4.78, 5) is 26.7. The summed E-state index contributed by atoms with van der Waals surface area (Å²) < 4.78 is 22.6. The Labute approximate surface area is 172 Å². The summed E-state index contributed by atoms with van der Waals surface area (Å²) >= 11 is 3.35. The van der Waals surface area contributed by atoms with Crippen LogP contribution in [0.1, 0.15) is 37.9 Å². The lowest BCUT2D eigenvalue weighted by atomic mass is 9.85. The number of amides is 2. The first kappa shape index (κ1) is 20.3. The summed E-state index contributed by atoms with van der Waals surface area (Å²) in [6, 6.07) is 12.2. The highest BCUT2D eigenvalue weighted by Crippen LogP contribution is 2.49. The second-order valence-electron chi connectivity index (χ2n) is 7.72. The number of hydrogen-bond acceptors (Lipinski definition) is 3. The van der Waals surface area contributed by atoms with Gasteiger partial charge in [-0.1, -0.05) is 46.3 Å². The predicted molar refractivity (Wildman–Crippen MR) is 109 cm³/mol. The average molecular weight is 449 g/mol. The standard InChI is InChI=1S/C21H22BrFN2O3/c1-20(2,3)28-19(27)24-17(13-9-11-14(22)12-10-13)21(23)15-7-5-6-8-16(15)25(4)18(21)26/h5-12,17H,1-4H3,(H,24,27)/t17?,21-/m0/s1. The van der Waals surface area contributed by atoms with E-state index in [0.29, 0.717) is 11.3 Å². The Kier molecular flexibility index (Phi) is 5.23. The first-order chi connectivity index (χ1) is 13.0. The largest absolute Gasteiger partial charge is 0.444 e. The van der Waals surface area contributed by atoms with Gasteiger partial charge in [-0.15, -0.1) is 0 Å². The average Bonchev–Trinajstić information content (AvgIpc) is 2.82.